The van der Waals surface area contributed by atoms with Crippen LogP contribution < -0.4 is 21.3 Å². The zero-order valence-electron chi connectivity index (χ0n) is 14.0. The van der Waals surface area contributed by atoms with E-state index in [1.807, 2.05) is 24.3 Å². The maximum absolute atomic E-state index is 12.6. The first-order valence-corrected chi connectivity index (χ1v) is 8.55. The topological polar surface area (TPSA) is 120 Å². The fourth-order valence-electron chi connectivity index (χ4n) is 3.65. The third kappa shape index (κ3) is 2.75. The van der Waals surface area contributed by atoms with Gasteiger partial charge in [0.15, 0.2) is 0 Å². The monoisotopic (exact) mass is 357 g/mol. The van der Waals surface area contributed by atoms with Crippen molar-refractivity contribution in [2.24, 2.45) is 0 Å². The number of imide groups is 1. The molecule has 26 heavy (non-hydrogen) atoms. The molecule has 1 unspecified atom stereocenters. The van der Waals surface area contributed by atoms with Crippen LogP contribution in [0.4, 0.5) is 16.2 Å². The van der Waals surface area contributed by atoms with E-state index in [2.05, 4.69) is 21.3 Å². The number of nitrogens with zero attached hydrogens (tertiary/aromatic N) is 1. The van der Waals surface area contributed by atoms with Gasteiger partial charge in [-0.15, -0.1) is 0 Å². The Morgan fingerprint density at radius 2 is 1.77 bits per heavy atom. The first-order valence-electron chi connectivity index (χ1n) is 8.55. The number of likely N-dealkylation sites (tertiary alicyclic amines) is 1. The van der Waals surface area contributed by atoms with Crippen molar-refractivity contribution < 1.29 is 19.2 Å². The lowest BCUT2D eigenvalue weighted by Gasteiger charge is -2.44. The zero-order chi connectivity index (χ0) is 18.3. The Kier molecular flexibility index (Phi) is 3.78. The Hall–Kier alpha value is -3.10. The zero-order valence-corrected chi connectivity index (χ0v) is 14.0. The summed E-state index contributed by atoms with van der Waals surface area (Å²) in [6.07, 6.45) is 0.872. The number of benzene rings is 1. The highest BCUT2D eigenvalue weighted by atomic mass is 16.2. The summed E-state index contributed by atoms with van der Waals surface area (Å²) in [5.74, 6) is -0.786. The van der Waals surface area contributed by atoms with Gasteiger partial charge in [0.1, 0.15) is 11.6 Å². The molecule has 9 nitrogen and oxygen atoms in total. The van der Waals surface area contributed by atoms with Gasteiger partial charge in [0.25, 0.3) is 5.91 Å². The van der Waals surface area contributed by atoms with Gasteiger partial charge in [-0.25, -0.2) is 4.79 Å². The minimum absolute atomic E-state index is 0.0764. The van der Waals surface area contributed by atoms with Crippen LogP contribution in [0.1, 0.15) is 19.3 Å². The predicted molar refractivity (Wildman–Crippen MR) is 92.3 cm³/mol. The molecule has 0 aliphatic carbocycles. The minimum atomic E-state index is -0.825. The quantitative estimate of drug-likeness (QED) is 0.556. The lowest BCUT2D eigenvalue weighted by Crippen LogP contribution is -2.59. The number of anilines is 2. The van der Waals surface area contributed by atoms with Crippen LogP contribution in [0.25, 0.3) is 0 Å². The molecule has 1 spiro atoms. The highest BCUT2D eigenvalue weighted by Crippen LogP contribution is 2.36. The van der Waals surface area contributed by atoms with Gasteiger partial charge in [0.05, 0.1) is 17.8 Å². The molecule has 0 radical (unpaired) electrons. The first kappa shape index (κ1) is 16.4. The van der Waals surface area contributed by atoms with Gasteiger partial charge in [0, 0.05) is 13.1 Å². The summed E-state index contributed by atoms with van der Waals surface area (Å²) >= 11 is 0. The number of para-hydroxylation sites is 2. The molecule has 0 bridgehead atoms. The van der Waals surface area contributed by atoms with E-state index in [1.54, 1.807) is 4.90 Å². The van der Waals surface area contributed by atoms with E-state index in [0.29, 0.717) is 25.9 Å². The van der Waals surface area contributed by atoms with E-state index < -0.39 is 23.5 Å². The second kappa shape index (κ2) is 6.01. The molecule has 5 amide bonds. The van der Waals surface area contributed by atoms with Crippen molar-refractivity contribution in [3.8, 4) is 0 Å². The van der Waals surface area contributed by atoms with E-state index in [9.17, 15) is 19.2 Å². The molecular formula is C17H19N5O4. The molecule has 136 valence electrons. The van der Waals surface area contributed by atoms with Crippen LogP contribution in [0.5, 0.6) is 0 Å². The van der Waals surface area contributed by atoms with Gasteiger partial charge in [-0.2, -0.15) is 0 Å². The summed E-state index contributed by atoms with van der Waals surface area (Å²) in [6.45, 7) is 0.813. The van der Waals surface area contributed by atoms with Gasteiger partial charge < -0.3 is 20.9 Å². The van der Waals surface area contributed by atoms with Crippen LogP contribution in [-0.2, 0) is 14.4 Å². The summed E-state index contributed by atoms with van der Waals surface area (Å²) in [6, 6.07) is 6.11. The van der Waals surface area contributed by atoms with Crippen LogP contribution in [0.2, 0.25) is 0 Å². The van der Waals surface area contributed by atoms with Gasteiger partial charge in [-0.1, -0.05) is 12.1 Å². The van der Waals surface area contributed by atoms with E-state index in [0.717, 1.165) is 11.4 Å². The van der Waals surface area contributed by atoms with Gasteiger partial charge in [-0.05, 0) is 25.0 Å². The fraction of sp³-hybridized carbons (Fsp3) is 0.412. The standard InChI is InChI=1S/C17H19N5O4/c23-13(9-12-14(24)20-16(26)19-12)22-7-5-17(6-8-22)15(25)18-10-3-1-2-4-11(10)21-17/h1-4,12,21H,5-9H2,(H,18,25)(H2,19,20,24,26). The average Bonchev–Trinajstić information content (AvgIpc) is 2.93. The SMILES string of the molecule is O=C1NC(=O)C(CC(=O)N2CCC3(CC2)Nc2ccccc2NC3=O)N1. The van der Waals surface area contributed by atoms with Crippen molar-refractivity contribution in [3.63, 3.8) is 0 Å². The van der Waals surface area contributed by atoms with E-state index in [1.165, 1.54) is 0 Å². The summed E-state index contributed by atoms with van der Waals surface area (Å²) < 4.78 is 0. The van der Waals surface area contributed by atoms with E-state index >= 15 is 0 Å². The number of carbonyl (C=O) groups is 4. The van der Waals surface area contributed by atoms with E-state index in [4.69, 9.17) is 0 Å². The van der Waals surface area contributed by atoms with Crippen LogP contribution in [0.3, 0.4) is 0 Å². The molecule has 0 saturated carbocycles. The number of fused-ring (bicyclic) bond motifs is 1. The Bertz CT molecular complexity index is 800. The lowest BCUT2D eigenvalue weighted by atomic mass is 9.84. The summed E-state index contributed by atoms with van der Waals surface area (Å²) in [5.41, 5.74) is 0.895. The van der Waals surface area contributed by atoms with Crippen molar-refractivity contribution in [2.45, 2.75) is 30.8 Å². The Morgan fingerprint density at radius 3 is 2.42 bits per heavy atom. The summed E-state index contributed by atoms with van der Waals surface area (Å²) in [4.78, 5) is 49.4. The molecule has 3 aliphatic heterocycles. The number of rotatable bonds is 2. The second-order valence-corrected chi connectivity index (χ2v) is 6.81. The van der Waals surface area contributed by atoms with Crippen molar-refractivity contribution in [1.29, 1.82) is 0 Å². The maximum atomic E-state index is 12.6. The Morgan fingerprint density at radius 1 is 1.08 bits per heavy atom. The summed E-state index contributed by atoms with van der Waals surface area (Å²) in [5, 5.41) is 10.8. The van der Waals surface area contributed by atoms with Crippen LogP contribution >= 0.6 is 0 Å². The number of amides is 5. The molecule has 2 saturated heterocycles. The molecule has 0 aromatic heterocycles. The number of carbonyl (C=O) groups excluding carboxylic acids is 4. The number of piperidine rings is 1. The van der Waals surface area contributed by atoms with Crippen LogP contribution in [-0.4, -0.2) is 53.3 Å². The highest BCUT2D eigenvalue weighted by Gasteiger charge is 2.45. The largest absolute Gasteiger partial charge is 0.369 e. The van der Waals surface area contributed by atoms with Gasteiger partial charge in [-0.3, -0.25) is 19.7 Å². The van der Waals surface area contributed by atoms with Crippen molar-refractivity contribution in [3.05, 3.63) is 24.3 Å². The molecule has 3 heterocycles. The fourth-order valence-corrected chi connectivity index (χ4v) is 3.65. The average molecular weight is 357 g/mol. The summed E-state index contributed by atoms with van der Waals surface area (Å²) in [7, 11) is 0. The molecule has 1 atom stereocenters. The molecule has 4 rings (SSSR count). The molecular weight excluding hydrogens is 338 g/mol. The maximum Gasteiger partial charge on any atom is 0.322 e. The number of hydrogen-bond acceptors (Lipinski definition) is 5. The molecule has 1 aromatic rings. The van der Waals surface area contributed by atoms with E-state index in [-0.39, 0.29) is 18.2 Å². The molecule has 9 heteroatoms. The first-order chi connectivity index (χ1) is 12.5. The van der Waals surface area contributed by atoms with Gasteiger partial charge in [0.2, 0.25) is 11.8 Å². The Labute approximate surface area is 149 Å². The highest BCUT2D eigenvalue weighted by molar-refractivity contribution is 6.07. The minimum Gasteiger partial charge on any atom is -0.369 e. The number of urea groups is 1. The van der Waals surface area contributed by atoms with Crippen LogP contribution in [0.15, 0.2) is 24.3 Å². The molecule has 4 N–H and O–H groups in total. The molecule has 1 aromatic carbocycles. The van der Waals surface area contributed by atoms with Crippen molar-refractivity contribution in [2.75, 3.05) is 23.7 Å². The number of nitrogens with one attached hydrogen (secondary N) is 4. The molecule has 3 aliphatic rings. The van der Waals surface area contributed by atoms with Gasteiger partial charge >= 0.3 is 6.03 Å². The number of hydrogen-bond donors (Lipinski definition) is 4. The normalized spacial score (nSPS) is 23.6. The molecule has 2 fully saturated rings. The van der Waals surface area contributed by atoms with Crippen molar-refractivity contribution >= 4 is 35.1 Å². The third-order valence-electron chi connectivity index (χ3n) is 5.19. The smallest absolute Gasteiger partial charge is 0.322 e. The predicted octanol–water partition coefficient (Wildman–Crippen LogP) is 0.00990. The second-order valence-electron chi connectivity index (χ2n) is 6.81. The third-order valence-corrected chi connectivity index (χ3v) is 5.19. The van der Waals surface area contributed by atoms with Crippen molar-refractivity contribution in [1.82, 2.24) is 15.5 Å². The Balaban J connectivity index is 1.39. The van der Waals surface area contributed by atoms with Crippen LogP contribution in [0, 0.1) is 0 Å². The lowest BCUT2D eigenvalue weighted by molar-refractivity contribution is -0.136.